The molecule has 0 atom stereocenters. The van der Waals surface area contributed by atoms with E-state index >= 15 is 0 Å². The molecule has 2 nitrogen and oxygen atoms in total. The third kappa shape index (κ3) is 2.64. The van der Waals surface area contributed by atoms with Crippen molar-refractivity contribution in [1.82, 2.24) is 9.55 Å². The molecule has 1 heterocycles. The van der Waals surface area contributed by atoms with Crippen molar-refractivity contribution >= 4 is 11.0 Å². The molecule has 0 saturated carbocycles. The summed E-state index contributed by atoms with van der Waals surface area (Å²) < 4.78 is 79.7. The van der Waals surface area contributed by atoms with E-state index in [0.717, 1.165) is 18.2 Å². The molecule has 0 N–H and O–H groups in total. The highest BCUT2D eigenvalue weighted by Crippen LogP contribution is 2.38. The summed E-state index contributed by atoms with van der Waals surface area (Å²) in [4.78, 5) is 3.45. The van der Waals surface area contributed by atoms with Crippen LogP contribution in [-0.4, -0.2) is 9.55 Å². The molecule has 0 unspecified atom stereocenters. The third-order valence-electron chi connectivity index (χ3n) is 3.26. The van der Waals surface area contributed by atoms with Crippen LogP contribution in [0.1, 0.15) is 11.4 Å². The maximum atomic E-state index is 13.2. The van der Waals surface area contributed by atoms with Gasteiger partial charge in [-0.05, 0) is 24.3 Å². The first kappa shape index (κ1) is 15.4. The van der Waals surface area contributed by atoms with Gasteiger partial charge in [0.1, 0.15) is 0 Å². The molecule has 2 aromatic carbocycles. The van der Waals surface area contributed by atoms with Crippen molar-refractivity contribution in [2.45, 2.75) is 12.4 Å². The molecular weight excluding hydrogens is 322 g/mol. The van der Waals surface area contributed by atoms with Crippen LogP contribution in [0, 0.1) is 0 Å². The van der Waals surface area contributed by atoms with Gasteiger partial charge in [0.05, 0.1) is 22.3 Å². The second-order valence-electron chi connectivity index (χ2n) is 4.77. The molecule has 3 aromatic rings. The standard InChI is InChI=1S/C15H8F6N2/c16-14(17,18)9-5-1-3-7-11(9)23-12-8-4-2-6-10(12)22-13(23)15(19,20)21/h1-8H. The van der Waals surface area contributed by atoms with Crippen LogP contribution in [0.3, 0.4) is 0 Å². The smallest absolute Gasteiger partial charge is 0.288 e. The lowest BCUT2D eigenvalue weighted by molar-refractivity contribution is -0.147. The summed E-state index contributed by atoms with van der Waals surface area (Å²) in [5.41, 5.74) is -1.84. The Bertz CT molecular complexity index is 860. The highest BCUT2D eigenvalue weighted by Gasteiger charge is 2.40. The van der Waals surface area contributed by atoms with Gasteiger partial charge < -0.3 is 0 Å². The maximum absolute atomic E-state index is 13.2. The van der Waals surface area contributed by atoms with Gasteiger partial charge in [0, 0.05) is 0 Å². The lowest BCUT2D eigenvalue weighted by Gasteiger charge is -2.17. The van der Waals surface area contributed by atoms with Crippen molar-refractivity contribution in [3.63, 3.8) is 0 Å². The average Bonchev–Trinajstić information content (AvgIpc) is 2.86. The van der Waals surface area contributed by atoms with E-state index in [4.69, 9.17) is 0 Å². The molecule has 0 aliphatic carbocycles. The van der Waals surface area contributed by atoms with Crippen molar-refractivity contribution in [3.05, 3.63) is 59.9 Å². The Balaban J connectivity index is 2.41. The average molecular weight is 330 g/mol. The molecule has 0 aliphatic rings. The van der Waals surface area contributed by atoms with Crippen LogP contribution >= 0.6 is 0 Å². The molecular formula is C15H8F6N2. The number of fused-ring (bicyclic) bond motifs is 1. The van der Waals surface area contributed by atoms with Crippen LogP contribution in [0.2, 0.25) is 0 Å². The zero-order valence-corrected chi connectivity index (χ0v) is 11.3. The summed E-state index contributed by atoms with van der Waals surface area (Å²) >= 11 is 0. The molecule has 0 radical (unpaired) electrons. The Hall–Kier alpha value is -2.51. The van der Waals surface area contributed by atoms with Gasteiger partial charge in [-0.2, -0.15) is 26.3 Å². The Morgan fingerprint density at radius 1 is 0.739 bits per heavy atom. The minimum Gasteiger partial charge on any atom is -0.288 e. The summed E-state index contributed by atoms with van der Waals surface area (Å²) in [5.74, 6) is -1.39. The lowest BCUT2D eigenvalue weighted by Crippen LogP contribution is -2.17. The number of hydrogen-bond acceptors (Lipinski definition) is 1. The van der Waals surface area contributed by atoms with Crippen LogP contribution in [0.25, 0.3) is 16.7 Å². The minimum atomic E-state index is -4.89. The highest BCUT2D eigenvalue weighted by molar-refractivity contribution is 5.78. The van der Waals surface area contributed by atoms with E-state index in [1.807, 2.05) is 0 Å². The number of para-hydroxylation sites is 3. The van der Waals surface area contributed by atoms with Crippen molar-refractivity contribution in [1.29, 1.82) is 0 Å². The van der Waals surface area contributed by atoms with Gasteiger partial charge in [0.2, 0.25) is 5.82 Å². The van der Waals surface area contributed by atoms with Crippen molar-refractivity contribution in [3.8, 4) is 5.69 Å². The minimum absolute atomic E-state index is 0.0307. The fourth-order valence-corrected chi connectivity index (χ4v) is 2.37. The van der Waals surface area contributed by atoms with Crippen LogP contribution in [0.5, 0.6) is 0 Å². The highest BCUT2D eigenvalue weighted by atomic mass is 19.4. The molecule has 23 heavy (non-hydrogen) atoms. The first-order chi connectivity index (χ1) is 10.7. The van der Waals surface area contributed by atoms with E-state index in [1.54, 1.807) is 0 Å². The van der Waals surface area contributed by atoms with E-state index in [0.29, 0.717) is 4.57 Å². The quantitative estimate of drug-likeness (QED) is 0.570. The first-order valence-electron chi connectivity index (χ1n) is 6.41. The molecule has 120 valence electrons. The number of halogens is 6. The number of nitrogens with zero attached hydrogens (tertiary/aromatic N) is 2. The van der Waals surface area contributed by atoms with Gasteiger partial charge in [0.15, 0.2) is 0 Å². The number of alkyl halides is 6. The zero-order valence-electron chi connectivity index (χ0n) is 11.3. The fourth-order valence-electron chi connectivity index (χ4n) is 2.37. The van der Waals surface area contributed by atoms with Crippen LogP contribution in [0.15, 0.2) is 48.5 Å². The summed E-state index contributed by atoms with van der Waals surface area (Å²) in [7, 11) is 0. The maximum Gasteiger partial charge on any atom is 0.450 e. The zero-order chi connectivity index (χ0) is 16.8. The van der Waals surface area contributed by atoms with E-state index in [9.17, 15) is 26.3 Å². The van der Waals surface area contributed by atoms with Gasteiger partial charge in [-0.15, -0.1) is 0 Å². The predicted octanol–water partition coefficient (Wildman–Crippen LogP) is 5.06. The molecule has 0 amide bonds. The van der Waals surface area contributed by atoms with Gasteiger partial charge in [0.25, 0.3) is 0 Å². The van der Waals surface area contributed by atoms with Gasteiger partial charge in [-0.1, -0.05) is 24.3 Å². The molecule has 1 aromatic heterocycles. The second kappa shape index (κ2) is 5.00. The van der Waals surface area contributed by atoms with Crippen molar-refractivity contribution < 1.29 is 26.3 Å². The van der Waals surface area contributed by atoms with Gasteiger partial charge >= 0.3 is 12.4 Å². The van der Waals surface area contributed by atoms with E-state index in [2.05, 4.69) is 4.98 Å². The lowest BCUT2D eigenvalue weighted by atomic mass is 10.1. The number of aromatic nitrogens is 2. The Morgan fingerprint density at radius 2 is 1.35 bits per heavy atom. The van der Waals surface area contributed by atoms with Gasteiger partial charge in [-0.25, -0.2) is 4.98 Å². The van der Waals surface area contributed by atoms with E-state index in [1.165, 1.54) is 30.3 Å². The van der Waals surface area contributed by atoms with Crippen molar-refractivity contribution in [2.75, 3.05) is 0 Å². The Kier molecular flexibility index (Phi) is 3.35. The van der Waals surface area contributed by atoms with Crippen LogP contribution in [0.4, 0.5) is 26.3 Å². The van der Waals surface area contributed by atoms with Crippen LogP contribution < -0.4 is 0 Å². The number of imidazole rings is 1. The van der Waals surface area contributed by atoms with Crippen molar-refractivity contribution in [2.24, 2.45) is 0 Å². The summed E-state index contributed by atoms with van der Waals surface area (Å²) in [5, 5.41) is 0. The molecule has 0 spiro atoms. The molecule has 8 heteroatoms. The second-order valence-corrected chi connectivity index (χ2v) is 4.77. The monoisotopic (exact) mass is 330 g/mol. The van der Waals surface area contributed by atoms with E-state index < -0.39 is 29.4 Å². The fraction of sp³-hybridized carbons (Fsp3) is 0.133. The Labute approximate surface area is 126 Å². The third-order valence-corrected chi connectivity index (χ3v) is 3.26. The summed E-state index contributed by atoms with van der Waals surface area (Å²) in [6.07, 6.45) is -9.68. The molecule has 0 aliphatic heterocycles. The summed E-state index contributed by atoms with van der Waals surface area (Å²) in [6, 6.07) is 9.63. The molecule has 3 rings (SSSR count). The molecule has 0 saturated heterocycles. The molecule has 0 fully saturated rings. The van der Waals surface area contributed by atoms with Gasteiger partial charge in [-0.3, -0.25) is 4.57 Å². The summed E-state index contributed by atoms with van der Waals surface area (Å²) in [6.45, 7) is 0. The molecule has 0 bridgehead atoms. The Morgan fingerprint density at radius 3 is 2.00 bits per heavy atom. The topological polar surface area (TPSA) is 17.8 Å². The van der Waals surface area contributed by atoms with Crippen LogP contribution in [-0.2, 0) is 12.4 Å². The van der Waals surface area contributed by atoms with E-state index in [-0.39, 0.29) is 11.0 Å². The largest absolute Gasteiger partial charge is 0.450 e. The number of rotatable bonds is 1. The number of benzene rings is 2. The SMILES string of the molecule is FC(F)(F)c1ccccc1-n1c(C(F)(F)F)nc2ccccc21. The normalized spacial score (nSPS) is 12.8. The predicted molar refractivity (Wildman–Crippen MR) is 71.1 cm³/mol. The number of hydrogen-bond donors (Lipinski definition) is 0. The first-order valence-corrected chi connectivity index (χ1v) is 6.41.